The molecule has 7 nitrogen and oxygen atoms in total. The molecule has 5 rings (SSSR count). The summed E-state index contributed by atoms with van der Waals surface area (Å²) in [5.74, 6) is 0.655. The van der Waals surface area contributed by atoms with Gasteiger partial charge in [0.05, 0.1) is 11.5 Å². The number of amides is 1. The van der Waals surface area contributed by atoms with Gasteiger partial charge < -0.3 is 14.5 Å². The number of ether oxygens (including phenoxy) is 2. The number of rotatable bonds is 4. The summed E-state index contributed by atoms with van der Waals surface area (Å²) in [5.41, 5.74) is -1.16. The molecule has 10 heteroatoms. The normalized spacial score (nSPS) is 34.5. The second kappa shape index (κ2) is 6.08. The molecular weight excluding hydrogens is 379 g/mol. The molecule has 1 aromatic heterocycles. The number of carbonyl (C=O) groups excluding carboxylic acids is 1. The summed E-state index contributed by atoms with van der Waals surface area (Å²) in [7, 11) is 0. The Labute approximate surface area is 160 Å². The van der Waals surface area contributed by atoms with Crippen molar-refractivity contribution in [3.63, 3.8) is 0 Å². The van der Waals surface area contributed by atoms with E-state index in [4.69, 9.17) is 9.15 Å². The first kappa shape index (κ1) is 19.5. The van der Waals surface area contributed by atoms with E-state index in [1.54, 1.807) is 0 Å². The molecule has 1 N–H and O–H groups in total. The van der Waals surface area contributed by atoms with Gasteiger partial charge in [0, 0.05) is 24.3 Å². The Morgan fingerprint density at radius 3 is 2.46 bits per heavy atom. The zero-order valence-corrected chi connectivity index (χ0v) is 16.1. The molecule has 0 unspecified atom stereocenters. The molecule has 28 heavy (non-hydrogen) atoms. The summed E-state index contributed by atoms with van der Waals surface area (Å²) in [4.78, 5) is 12.1. The minimum absolute atomic E-state index is 0.204. The second-order valence-corrected chi connectivity index (χ2v) is 9.38. The van der Waals surface area contributed by atoms with Gasteiger partial charge in [0.2, 0.25) is 11.8 Å². The lowest BCUT2D eigenvalue weighted by Crippen LogP contribution is -2.52. The molecular formula is C18H24F3N3O4. The lowest BCUT2D eigenvalue weighted by Gasteiger charge is -2.44. The van der Waals surface area contributed by atoms with Crippen molar-refractivity contribution in [3.8, 4) is 0 Å². The molecule has 1 aromatic rings. The molecule has 1 amide bonds. The highest BCUT2D eigenvalue weighted by Gasteiger charge is 2.66. The highest BCUT2D eigenvalue weighted by Crippen LogP contribution is 2.63. The Morgan fingerprint density at radius 1 is 1.18 bits per heavy atom. The van der Waals surface area contributed by atoms with Crippen LogP contribution in [0, 0.1) is 0 Å². The van der Waals surface area contributed by atoms with E-state index in [9.17, 15) is 18.0 Å². The number of hydrogen-bond acceptors (Lipinski definition) is 6. The number of carbonyl (C=O) groups is 1. The van der Waals surface area contributed by atoms with Gasteiger partial charge in [-0.2, -0.15) is 0 Å². The molecule has 0 saturated heterocycles. The van der Waals surface area contributed by atoms with Gasteiger partial charge in [-0.1, -0.05) is 0 Å². The van der Waals surface area contributed by atoms with Crippen LogP contribution in [0.1, 0.15) is 77.0 Å². The molecule has 156 valence electrons. The maximum atomic E-state index is 12.2. The number of aromatic nitrogens is 2. The van der Waals surface area contributed by atoms with E-state index in [-0.39, 0.29) is 29.7 Å². The number of nitrogens with one attached hydrogen (secondary N) is 1. The predicted molar refractivity (Wildman–Crippen MR) is 89.4 cm³/mol. The van der Waals surface area contributed by atoms with Crippen molar-refractivity contribution in [2.75, 3.05) is 0 Å². The molecule has 2 bridgehead atoms. The summed E-state index contributed by atoms with van der Waals surface area (Å²) in [5, 5.41) is 11.0. The zero-order chi connectivity index (χ0) is 20.4. The Bertz CT molecular complexity index is 759. The third-order valence-electron chi connectivity index (χ3n) is 5.81. The van der Waals surface area contributed by atoms with Gasteiger partial charge in [0.25, 0.3) is 0 Å². The zero-order valence-electron chi connectivity index (χ0n) is 16.1. The van der Waals surface area contributed by atoms with Crippen molar-refractivity contribution in [2.45, 2.75) is 94.2 Å². The number of alkyl halides is 3. The summed E-state index contributed by atoms with van der Waals surface area (Å²) in [6.45, 7) is 5.66. The van der Waals surface area contributed by atoms with Gasteiger partial charge in [-0.3, -0.25) is 4.74 Å². The fraction of sp³-hybridized carbons (Fsp3) is 0.833. The Hall–Kier alpha value is -1.84. The van der Waals surface area contributed by atoms with Crippen LogP contribution in [0.4, 0.5) is 18.0 Å². The van der Waals surface area contributed by atoms with Crippen LogP contribution in [-0.4, -0.2) is 39.9 Å². The van der Waals surface area contributed by atoms with Crippen LogP contribution in [0.2, 0.25) is 0 Å². The molecule has 0 aliphatic heterocycles. The molecule has 1 heterocycles. The van der Waals surface area contributed by atoms with Crippen molar-refractivity contribution in [1.82, 2.24) is 15.5 Å². The first-order valence-corrected chi connectivity index (χ1v) is 9.47. The van der Waals surface area contributed by atoms with Crippen LogP contribution >= 0.6 is 0 Å². The van der Waals surface area contributed by atoms with Crippen LogP contribution in [-0.2, 0) is 14.9 Å². The third-order valence-corrected chi connectivity index (χ3v) is 5.81. The number of halogens is 3. The van der Waals surface area contributed by atoms with Crippen molar-refractivity contribution in [1.29, 1.82) is 0 Å². The first-order chi connectivity index (χ1) is 12.9. The summed E-state index contributed by atoms with van der Waals surface area (Å²) < 4.78 is 52.2. The average Bonchev–Trinajstić information content (AvgIpc) is 3.11. The molecule has 0 atom stereocenters. The molecule has 4 aliphatic rings. The van der Waals surface area contributed by atoms with E-state index >= 15 is 0 Å². The highest BCUT2D eigenvalue weighted by molar-refractivity contribution is 5.69. The van der Waals surface area contributed by atoms with Gasteiger partial charge in [0.1, 0.15) is 5.60 Å². The van der Waals surface area contributed by atoms with Crippen LogP contribution in [0.25, 0.3) is 0 Å². The van der Waals surface area contributed by atoms with Gasteiger partial charge in [-0.25, -0.2) is 4.79 Å². The van der Waals surface area contributed by atoms with Gasteiger partial charge in [-0.05, 0) is 46.5 Å². The highest BCUT2D eigenvalue weighted by atomic mass is 19.4. The standard InChI is InChI=1S/C18H24F3N3O4/c1-15(2,3)22-14(25)28-17-5-4-16(8-17,9-17)13-24-23-12(26-13)10-6-11(7-10)27-18(19,20)21/h10-11H,4-9H2,1-3H3,(H,22,25). The lowest BCUT2D eigenvalue weighted by molar-refractivity contribution is -0.352. The maximum absolute atomic E-state index is 12.2. The maximum Gasteiger partial charge on any atom is 0.522 e. The minimum atomic E-state index is -4.62. The van der Waals surface area contributed by atoms with Crippen molar-refractivity contribution in [3.05, 3.63) is 11.8 Å². The van der Waals surface area contributed by atoms with Crippen LogP contribution in [0.3, 0.4) is 0 Å². The van der Waals surface area contributed by atoms with E-state index in [0.717, 1.165) is 12.8 Å². The lowest BCUT2D eigenvalue weighted by atomic mass is 9.66. The van der Waals surface area contributed by atoms with E-state index in [1.807, 2.05) is 20.8 Å². The molecule has 4 aliphatic carbocycles. The molecule has 4 saturated carbocycles. The first-order valence-electron chi connectivity index (χ1n) is 9.47. The monoisotopic (exact) mass is 403 g/mol. The predicted octanol–water partition coefficient (Wildman–Crippen LogP) is 3.94. The average molecular weight is 403 g/mol. The van der Waals surface area contributed by atoms with Crippen LogP contribution in [0.5, 0.6) is 0 Å². The summed E-state index contributed by atoms with van der Waals surface area (Å²) in [6.07, 6.45) is -2.70. The Morgan fingerprint density at radius 2 is 1.86 bits per heavy atom. The van der Waals surface area contributed by atoms with Crippen molar-refractivity contribution >= 4 is 6.09 Å². The molecule has 0 spiro atoms. The number of nitrogens with zero attached hydrogens (tertiary/aromatic N) is 2. The van der Waals surface area contributed by atoms with Gasteiger partial charge in [0.15, 0.2) is 0 Å². The summed E-state index contributed by atoms with van der Waals surface area (Å²) >= 11 is 0. The van der Waals surface area contributed by atoms with Crippen LogP contribution in [0.15, 0.2) is 4.42 Å². The third kappa shape index (κ3) is 3.70. The number of fused-ring (bicyclic) bond motifs is 1. The fourth-order valence-corrected chi connectivity index (χ4v) is 4.58. The van der Waals surface area contributed by atoms with E-state index in [1.165, 1.54) is 0 Å². The SMILES string of the molecule is CC(C)(C)NC(=O)OC12CCC(c3nnc(C4CC(OC(F)(F)F)C4)o3)(C1)C2. The largest absolute Gasteiger partial charge is 0.522 e. The fourth-order valence-electron chi connectivity index (χ4n) is 4.58. The smallest absolute Gasteiger partial charge is 0.443 e. The summed E-state index contributed by atoms with van der Waals surface area (Å²) in [6, 6.07) is 0. The topological polar surface area (TPSA) is 86.5 Å². The Kier molecular flexibility index (Phi) is 4.23. The van der Waals surface area contributed by atoms with Gasteiger partial charge in [-0.15, -0.1) is 23.4 Å². The molecule has 0 aromatic carbocycles. The van der Waals surface area contributed by atoms with Crippen molar-refractivity contribution in [2.24, 2.45) is 0 Å². The van der Waals surface area contributed by atoms with E-state index in [2.05, 4.69) is 20.3 Å². The van der Waals surface area contributed by atoms with Crippen molar-refractivity contribution < 1.29 is 31.9 Å². The van der Waals surface area contributed by atoms with E-state index < -0.39 is 24.2 Å². The second-order valence-electron chi connectivity index (χ2n) is 9.38. The minimum Gasteiger partial charge on any atom is -0.443 e. The molecule has 4 fully saturated rings. The molecule has 0 radical (unpaired) electrons. The van der Waals surface area contributed by atoms with Gasteiger partial charge >= 0.3 is 12.5 Å². The quantitative estimate of drug-likeness (QED) is 0.820. The van der Waals surface area contributed by atoms with E-state index in [0.29, 0.717) is 24.6 Å². The van der Waals surface area contributed by atoms with Crippen LogP contribution < -0.4 is 5.32 Å². The Balaban J connectivity index is 1.32. The number of hydrogen-bond donors (Lipinski definition) is 1. The number of alkyl carbamates (subject to hydrolysis) is 1.